The third-order valence-corrected chi connectivity index (χ3v) is 2.86. The fourth-order valence-electron chi connectivity index (χ4n) is 1.40. The minimum atomic E-state index is -4.25. The van der Waals surface area contributed by atoms with E-state index in [0.29, 0.717) is 6.54 Å². The van der Waals surface area contributed by atoms with Gasteiger partial charge in [-0.3, -0.25) is 0 Å². The van der Waals surface area contributed by atoms with E-state index < -0.39 is 12.8 Å². The van der Waals surface area contributed by atoms with Gasteiger partial charge < -0.3 is 10.1 Å². The zero-order valence-electron chi connectivity index (χ0n) is 9.93. The molecule has 1 atom stereocenters. The van der Waals surface area contributed by atoms with Gasteiger partial charge in [-0.05, 0) is 24.6 Å². The molecule has 0 amide bonds. The maximum Gasteiger partial charge on any atom is 0.411 e. The second kappa shape index (κ2) is 7.11. The summed E-state index contributed by atoms with van der Waals surface area (Å²) >= 11 is 3.34. The lowest BCUT2D eigenvalue weighted by Gasteiger charge is -2.14. The van der Waals surface area contributed by atoms with E-state index in [1.807, 2.05) is 31.2 Å². The van der Waals surface area contributed by atoms with Crippen molar-refractivity contribution < 1.29 is 17.9 Å². The van der Waals surface area contributed by atoms with Crippen LogP contribution in [0.4, 0.5) is 13.2 Å². The van der Waals surface area contributed by atoms with Crippen molar-refractivity contribution in [3.8, 4) is 0 Å². The molecule has 0 aliphatic heterocycles. The summed E-state index contributed by atoms with van der Waals surface area (Å²) in [5.41, 5.74) is 1.08. The number of hydrogen-bond donors (Lipinski definition) is 1. The minimum Gasteiger partial charge on any atom is -0.371 e. The summed E-state index contributed by atoms with van der Waals surface area (Å²) in [6, 6.07) is 7.84. The first-order valence-electron chi connectivity index (χ1n) is 5.52. The van der Waals surface area contributed by atoms with Gasteiger partial charge in [0.05, 0.1) is 6.61 Å². The van der Waals surface area contributed by atoms with Gasteiger partial charge in [0, 0.05) is 17.1 Å². The first kappa shape index (κ1) is 15.5. The van der Waals surface area contributed by atoms with Crippen LogP contribution in [0, 0.1) is 0 Å². The summed E-state index contributed by atoms with van der Waals surface area (Å²) in [6.07, 6.45) is -4.25. The van der Waals surface area contributed by atoms with Crippen molar-refractivity contribution in [2.75, 3.05) is 19.8 Å². The second-order valence-corrected chi connectivity index (χ2v) is 4.81. The Morgan fingerprint density at radius 3 is 2.44 bits per heavy atom. The molecular formula is C12H15BrF3NO. The summed E-state index contributed by atoms with van der Waals surface area (Å²) in [4.78, 5) is 0. The Morgan fingerprint density at radius 2 is 1.89 bits per heavy atom. The van der Waals surface area contributed by atoms with Crippen LogP contribution in [0.1, 0.15) is 18.5 Å². The van der Waals surface area contributed by atoms with Crippen LogP contribution in [0.25, 0.3) is 0 Å². The Kier molecular flexibility index (Phi) is 6.11. The first-order chi connectivity index (χ1) is 8.38. The van der Waals surface area contributed by atoms with Gasteiger partial charge in [-0.15, -0.1) is 0 Å². The summed E-state index contributed by atoms with van der Waals surface area (Å²) in [7, 11) is 0. The molecule has 1 rings (SSSR count). The monoisotopic (exact) mass is 325 g/mol. The molecule has 0 saturated heterocycles. The normalized spacial score (nSPS) is 13.6. The number of benzene rings is 1. The van der Waals surface area contributed by atoms with Gasteiger partial charge in [-0.2, -0.15) is 13.2 Å². The van der Waals surface area contributed by atoms with Crippen molar-refractivity contribution in [3.63, 3.8) is 0 Å². The number of rotatable bonds is 6. The number of hydrogen-bond acceptors (Lipinski definition) is 2. The molecule has 0 saturated carbocycles. The standard InChI is InChI=1S/C12H15BrF3NO/c1-9(10-2-4-11(13)5-3-10)17-6-7-18-8-12(14,15)16/h2-5,9,17H,6-8H2,1H3/t9-/m0/s1. The lowest BCUT2D eigenvalue weighted by Crippen LogP contribution is -2.25. The van der Waals surface area contributed by atoms with E-state index in [2.05, 4.69) is 26.0 Å². The molecule has 0 heterocycles. The maximum atomic E-state index is 11.8. The fourth-order valence-corrected chi connectivity index (χ4v) is 1.67. The molecule has 1 N–H and O–H groups in total. The van der Waals surface area contributed by atoms with E-state index >= 15 is 0 Å². The molecule has 0 unspecified atom stereocenters. The molecular weight excluding hydrogens is 311 g/mol. The van der Waals surface area contributed by atoms with Gasteiger partial charge in [-0.25, -0.2) is 0 Å². The van der Waals surface area contributed by atoms with Crippen molar-refractivity contribution in [2.45, 2.75) is 19.1 Å². The van der Waals surface area contributed by atoms with Crippen LogP contribution in [-0.4, -0.2) is 25.9 Å². The van der Waals surface area contributed by atoms with Crippen LogP contribution in [0.15, 0.2) is 28.7 Å². The number of halogens is 4. The van der Waals surface area contributed by atoms with Crippen LogP contribution in [0.5, 0.6) is 0 Å². The lowest BCUT2D eigenvalue weighted by atomic mass is 10.1. The molecule has 2 nitrogen and oxygen atoms in total. The molecule has 0 aliphatic carbocycles. The Labute approximate surface area is 113 Å². The largest absolute Gasteiger partial charge is 0.411 e. The highest BCUT2D eigenvalue weighted by molar-refractivity contribution is 9.10. The van der Waals surface area contributed by atoms with Crippen molar-refractivity contribution in [1.29, 1.82) is 0 Å². The second-order valence-electron chi connectivity index (χ2n) is 3.90. The van der Waals surface area contributed by atoms with Crippen LogP contribution >= 0.6 is 15.9 Å². The van der Waals surface area contributed by atoms with E-state index in [4.69, 9.17) is 0 Å². The highest BCUT2D eigenvalue weighted by Crippen LogP contribution is 2.16. The molecule has 0 radical (unpaired) electrons. The van der Waals surface area contributed by atoms with Crippen LogP contribution in [0.3, 0.4) is 0 Å². The SMILES string of the molecule is C[C@H](NCCOCC(F)(F)F)c1ccc(Br)cc1. The van der Waals surface area contributed by atoms with Gasteiger partial charge in [0.2, 0.25) is 0 Å². The predicted molar refractivity (Wildman–Crippen MR) is 67.4 cm³/mol. The van der Waals surface area contributed by atoms with Gasteiger partial charge >= 0.3 is 6.18 Å². The topological polar surface area (TPSA) is 21.3 Å². The van der Waals surface area contributed by atoms with Crippen LogP contribution < -0.4 is 5.32 Å². The summed E-state index contributed by atoms with van der Waals surface area (Å²) < 4.78 is 40.9. The zero-order chi connectivity index (χ0) is 13.6. The van der Waals surface area contributed by atoms with Gasteiger partial charge in [0.1, 0.15) is 6.61 Å². The van der Waals surface area contributed by atoms with Crippen LogP contribution in [0.2, 0.25) is 0 Å². The number of ether oxygens (including phenoxy) is 1. The fraction of sp³-hybridized carbons (Fsp3) is 0.500. The van der Waals surface area contributed by atoms with E-state index in [-0.39, 0.29) is 12.6 Å². The first-order valence-corrected chi connectivity index (χ1v) is 6.31. The van der Waals surface area contributed by atoms with Crippen molar-refractivity contribution in [3.05, 3.63) is 34.3 Å². The Balaban J connectivity index is 2.21. The van der Waals surface area contributed by atoms with Crippen molar-refractivity contribution >= 4 is 15.9 Å². The summed E-state index contributed by atoms with van der Waals surface area (Å²) in [5.74, 6) is 0. The highest BCUT2D eigenvalue weighted by atomic mass is 79.9. The quantitative estimate of drug-likeness (QED) is 0.805. The Morgan fingerprint density at radius 1 is 1.28 bits per heavy atom. The number of nitrogens with one attached hydrogen (secondary N) is 1. The highest BCUT2D eigenvalue weighted by Gasteiger charge is 2.27. The van der Waals surface area contributed by atoms with Crippen molar-refractivity contribution in [2.24, 2.45) is 0 Å². The summed E-state index contributed by atoms with van der Waals surface area (Å²) in [6.45, 7) is 1.18. The van der Waals surface area contributed by atoms with E-state index in [1.54, 1.807) is 0 Å². The predicted octanol–water partition coefficient (Wildman–Crippen LogP) is 3.68. The summed E-state index contributed by atoms with van der Waals surface area (Å²) in [5, 5.41) is 3.10. The van der Waals surface area contributed by atoms with Gasteiger partial charge in [0.15, 0.2) is 0 Å². The molecule has 0 spiro atoms. The van der Waals surface area contributed by atoms with E-state index in [0.717, 1.165) is 10.0 Å². The molecule has 0 fully saturated rings. The Bertz CT molecular complexity index is 353. The molecule has 0 bridgehead atoms. The molecule has 102 valence electrons. The zero-order valence-corrected chi connectivity index (χ0v) is 11.5. The molecule has 0 aromatic heterocycles. The van der Waals surface area contributed by atoms with Crippen molar-refractivity contribution in [1.82, 2.24) is 5.32 Å². The number of alkyl halides is 3. The smallest absolute Gasteiger partial charge is 0.371 e. The van der Waals surface area contributed by atoms with Gasteiger partial charge in [-0.1, -0.05) is 28.1 Å². The minimum absolute atomic E-state index is 0.0420. The van der Waals surface area contributed by atoms with E-state index in [1.165, 1.54) is 0 Å². The lowest BCUT2D eigenvalue weighted by molar-refractivity contribution is -0.173. The molecule has 18 heavy (non-hydrogen) atoms. The third kappa shape index (κ3) is 6.37. The average Bonchev–Trinajstić information content (AvgIpc) is 2.27. The van der Waals surface area contributed by atoms with Crippen LogP contribution in [-0.2, 0) is 4.74 Å². The van der Waals surface area contributed by atoms with Gasteiger partial charge in [0.25, 0.3) is 0 Å². The third-order valence-electron chi connectivity index (χ3n) is 2.33. The molecule has 1 aromatic carbocycles. The maximum absolute atomic E-state index is 11.8. The average molecular weight is 326 g/mol. The Hall–Kier alpha value is -0.590. The molecule has 0 aliphatic rings. The molecule has 1 aromatic rings. The molecule has 6 heteroatoms. The van der Waals surface area contributed by atoms with E-state index in [9.17, 15) is 13.2 Å².